The number of nitro benzene ring substituents is 1. The fourth-order valence-corrected chi connectivity index (χ4v) is 2.25. The third kappa shape index (κ3) is 6.61. The second kappa shape index (κ2) is 9.69. The van der Waals surface area contributed by atoms with Gasteiger partial charge < -0.3 is 14.8 Å². The molecule has 0 heterocycles. The maximum Gasteiger partial charge on any atom is 0.416 e. The van der Waals surface area contributed by atoms with E-state index >= 15 is 0 Å². The van der Waals surface area contributed by atoms with Crippen LogP contribution in [-0.4, -0.2) is 31.2 Å². The van der Waals surface area contributed by atoms with Crippen molar-refractivity contribution in [2.75, 3.05) is 25.6 Å². The lowest BCUT2D eigenvalue weighted by Gasteiger charge is -2.14. The summed E-state index contributed by atoms with van der Waals surface area (Å²) < 4.78 is 49.1. The molecule has 0 saturated heterocycles. The van der Waals surface area contributed by atoms with Crippen molar-refractivity contribution in [3.05, 3.63) is 69.8 Å². The zero-order valence-electron chi connectivity index (χ0n) is 15.2. The summed E-state index contributed by atoms with van der Waals surface area (Å²) in [6, 6.07) is 8.26. The Kier molecular flexibility index (Phi) is 7.32. The number of carbonyl (C=O) groups is 1. The summed E-state index contributed by atoms with van der Waals surface area (Å²) in [5, 5.41) is 13.1. The molecule has 2 aromatic rings. The van der Waals surface area contributed by atoms with Crippen LogP contribution >= 0.6 is 0 Å². The molecular weight excluding hydrogens is 393 g/mol. The molecule has 0 atom stereocenters. The number of anilines is 1. The predicted octanol–water partition coefficient (Wildman–Crippen LogP) is 4.29. The van der Waals surface area contributed by atoms with Crippen molar-refractivity contribution in [1.29, 1.82) is 0 Å². The highest BCUT2D eigenvalue weighted by atomic mass is 19.4. The second-order valence-corrected chi connectivity index (χ2v) is 5.72. The van der Waals surface area contributed by atoms with E-state index in [1.54, 1.807) is 6.07 Å². The van der Waals surface area contributed by atoms with Crippen LogP contribution in [0.5, 0.6) is 5.75 Å². The number of hydrogen-bond acceptors (Lipinski definition) is 5. The van der Waals surface area contributed by atoms with E-state index in [4.69, 9.17) is 9.47 Å². The number of nitrogens with zero attached hydrogens (tertiary/aromatic N) is 1. The maximum atomic E-state index is 13.0. The number of rotatable bonds is 8. The average Bonchev–Trinajstić information content (AvgIpc) is 2.67. The molecule has 0 saturated carbocycles. The smallest absolute Gasteiger partial charge is 0.416 e. The first kappa shape index (κ1) is 21.9. The number of halogens is 3. The number of amides is 1. The van der Waals surface area contributed by atoms with Gasteiger partial charge in [-0.25, -0.2) is 0 Å². The number of nitro groups is 1. The molecule has 0 aromatic heterocycles. The van der Waals surface area contributed by atoms with Gasteiger partial charge in [0.2, 0.25) is 5.91 Å². The molecule has 0 fully saturated rings. The summed E-state index contributed by atoms with van der Waals surface area (Å²) in [4.78, 5) is 22.4. The highest BCUT2D eigenvalue weighted by molar-refractivity contribution is 6.02. The Labute approximate surface area is 163 Å². The topological polar surface area (TPSA) is 90.7 Å². The van der Waals surface area contributed by atoms with Gasteiger partial charge in [0, 0.05) is 25.3 Å². The molecule has 0 aliphatic carbocycles. The molecule has 2 rings (SSSR count). The molecule has 7 nitrogen and oxygen atoms in total. The molecule has 1 N–H and O–H groups in total. The van der Waals surface area contributed by atoms with E-state index in [1.165, 1.54) is 31.4 Å². The lowest BCUT2D eigenvalue weighted by Crippen LogP contribution is -2.13. The van der Waals surface area contributed by atoms with Gasteiger partial charge >= 0.3 is 6.18 Å². The molecule has 10 heteroatoms. The van der Waals surface area contributed by atoms with Gasteiger partial charge in [-0.3, -0.25) is 14.9 Å². The van der Waals surface area contributed by atoms with Crippen molar-refractivity contribution in [2.24, 2.45) is 0 Å². The van der Waals surface area contributed by atoms with Crippen LogP contribution < -0.4 is 10.1 Å². The van der Waals surface area contributed by atoms with Gasteiger partial charge in [-0.15, -0.1) is 0 Å². The largest absolute Gasteiger partial charge is 0.489 e. The normalized spacial score (nSPS) is 11.4. The van der Waals surface area contributed by atoms with E-state index in [0.29, 0.717) is 5.56 Å². The monoisotopic (exact) mass is 410 g/mol. The minimum Gasteiger partial charge on any atom is -0.489 e. The van der Waals surface area contributed by atoms with Crippen molar-refractivity contribution in [3.63, 3.8) is 0 Å². The van der Waals surface area contributed by atoms with E-state index < -0.39 is 22.6 Å². The molecule has 29 heavy (non-hydrogen) atoms. The first-order valence-corrected chi connectivity index (χ1v) is 8.27. The van der Waals surface area contributed by atoms with Gasteiger partial charge in [0.15, 0.2) is 0 Å². The number of ether oxygens (including phenoxy) is 2. The van der Waals surface area contributed by atoms with Crippen LogP contribution in [0.2, 0.25) is 0 Å². The fourth-order valence-electron chi connectivity index (χ4n) is 2.25. The number of nitrogens with one attached hydrogen (secondary N) is 1. The summed E-state index contributed by atoms with van der Waals surface area (Å²) in [6.07, 6.45) is -2.23. The number of hydrogen-bond donors (Lipinski definition) is 1. The Balaban J connectivity index is 2.20. The summed E-state index contributed by atoms with van der Waals surface area (Å²) in [7, 11) is 1.44. The lowest BCUT2D eigenvalue weighted by atomic mass is 10.1. The van der Waals surface area contributed by atoms with E-state index in [0.717, 1.165) is 24.3 Å². The highest BCUT2D eigenvalue weighted by Crippen LogP contribution is 2.35. The summed E-state index contributed by atoms with van der Waals surface area (Å²) >= 11 is 0. The van der Waals surface area contributed by atoms with Crippen molar-refractivity contribution in [1.82, 2.24) is 0 Å². The fraction of sp³-hybridized carbons (Fsp3) is 0.211. The summed E-state index contributed by atoms with van der Waals surface area (Å²) in [5.41, 5.74) is -0.881. The van der Waals surface area contributed by atoms with Crippen LogP contribution in [0.15, 0.2) is 48.5 Å². The molecule has 2 aromatic carbocycles. The maximum absolute atomic E-state index is 13.0. The standard InChI is InChI=1S/C19H17F3N2O5/c1-28-9-10-29-17-7-6-14(19(20,21)22)12-16(17)23-18(25)8-5-13-3-2-4-15(11-13)24(26)27/h2-8,11-12H,9-10H2,1H3,(H,23,25)/b8-5+. The molecule has 1 amide bonds. The Morgan fingerprint density at radius 3 is 2.62 bits per heavy atom. The number of alkyl halides is 3. The van der Waals surface area contributed by atoms with Crippen molar-refractivity contribution in [3.8, 4) is 5.75 Å². The molecule has 0 bridgehead atoms. The SMILES string of the molecule is COCCOc1ccc(C(F)(F)F)cc1NC(=O)/C=C/c1cccc([N+](=O)[O-])c1. The quantitative estimate of drug-likeness (QED) is 0.303. The van der Waals surface area contributed by atoms with Crippen LogP contribution in [0.4, 0.5) is 24.5 Å². The van der Waals surface area contributed by atoms with Gasteiger partial charge in [-0.2, -0.15) is 13.2 Å². The van der Waals surface area contributed by atoms with Crippen molar-refractivity contribution >= 4 is 23.4 Å². The molecule has 0 spiro atoms. The Hall–Kier alpha value is -3.40. The molecule has 0 aliphatic heterocycles. The molecular formula is C19H17F3N2O5. The Morgan fingerprint density at radius 2 is 1.97 bits per heavy atom. The summed E-state index contributed by atoms with van der Waals surface area (Å²) in [6.45, 7) is 0.287. The summed E-state index contributed by atoms with van der Waals surface area (Å²) in [5.74, 6) is -0.681. The molecule has 154 valence electrons. The number of non-ortho nitro benzene ring substituents is 1. The number of benzene rings is 2. The average molecular weight is 410 g/mol. The van der Waals surface area contributed by atoms with E-state index in [2.05, 4.69) is 5.32 Å². The van der Waals surface area contributed by atoms with Crippen LogP contribution in [0.25, 0.3) is 6.08 Å². The van der Waals surface area contributed by atoms with Gasteiger partial charge in [0.25, 0.3) is 5.69 Å². The molecule has 0 radical (unpaired) electrons. The first-order chi connectivity index (χ1) is 13.7. The second-order valence-electron chi connectivity index (χ2n) is 5.72. The molecule has 0 unspecified atom stereocenters. The zero-order valence-corrected chi connectivity index (χ0v) is 15.2. The zero-order chi connectivity index (χ0) is 21.4. The lowest BCUT2D eigenvalue weighted by molar-refractivity contribution is -0.384. The number of carbonyl (C=O) groups excluding carboxylic acids is 1. The minimum absolute atomic E-state index is 0.0483. The van der Waals surface area contributed by atoms with Gasteiger partial charge in [-0.1, -0.05) is 12.1 Å². The van der Waals surface area contributed by atoms with Gasteiger partial charge in [0.05, 0.1) is 22.8 Å². The third-order valence-electron chi connectivity index (χ3n) is 3.62. The van der Waals surface area contributed by atoms with Crippen LogP contribution in [-0.2, 0) is 15.7 Å². The Morgan fingerprint density at radius 1 is 1.21 bits per heavy atom. The predicted molar refractivity (Wildman–Crippen MR) is 99.6 cm³/mol. The third-order valence-corrected chi connectivity index (χ3v) is 3.62. The van der Waals surface area contributed by atoms with E-state index in [-0.39, 0.29) is 30.3 Å². The van der Waals surface area contributed by atoms with Gasteiger partial charge in [0.1, 0.15) is 12.4 Å². The van der Waals surface area contributed by atoms with E-state index in [1.807, 2.05) is 0 Å². The highest BCUT2D eigenvalue weighted by Gasteiger charge is 2.31. The van der Waals surface area contributed by atoms with Crippen molar-refractivity contribution < 1.29 is 32.4 Å². The van der Waals surface area contributed by atoms with Gasteiger partial charge in [-0.05, 0) is 29.8 Å². The van der Waals surface area contributed by atoms with Crippen LogP contribution in [0, 0.1) is 10.1 Å². The van der Waals surface area contributed by atoms with Crippen LogP contribution in [0.3, 0.4) is 0 Å². The van der Waals surface area contributed by atoms with Crippen LogP contribution in [0.1, 0.15) is 11.1 Å². The first-order valence-electron chi connectivity index (χ1n) is 8.27. The Bertz CT molecular complexity index is 913. The van der Waals surface area contributed by atoms with E-state index in [9.17, 15) is 28.1 Å². The number of methoxy groups -OCH3 is 1. The minimum atomic E-state index is -4.59. The van der Waals surface area contributed by atoms with Crippen molar-refractivity contribution in [2.45, 2.75) is 6.18 Å². The molecule has 0 aliphatic rings.